The van der Waals surface area contributed by atoms with Gasteiger partial charge in [0, 0.05) is 5.56 Å². The van der Waals surface area contributed by atoms with Crippen molar-refractivity contribution in [2.45, 2.75) is 38.3 Å². The zero-order valence-electron chi connectivity index (χ0n) is 15.0. The Morgan fingerprint density at radius 3 is 2.64 bits per heavy atom. The molecule has 0 aromatic heterocycles. The molecule has 0 spiro atoms. The molecule has 2 fully saturated rings. The average Bonchev–Trinajstić information content (AvgIpc) is 3.09. The first-order valence-electron chi connectivity index (χ1n) is 9.13. The van der Waals surface area contributed by atoms with E-state index < -0.39 is 0 Å². The number of carbonyl (C=O) groups excluding carboxylic acids is 1. The summed E-state index contributed by atoms with van der Waals surface area (Å²) >= 11 is 0. The molecule has 0 radical (unpaired) electrons. The molecule has 2 aliphatic heterocycles. The van der Waals surface area contributed by atoms with Gasteiger partial charge in [0.15, 0.2) is 0 Å². The molecule has 0 bridgehead atoms. The lowest BCUT2D eigenvalue weighted by atomic mass is 10.0. The van der Waals surface area contributed by atoms with Crippen LogP contribution in [0, 0.1) is 0 Å². The summed E-state index contributed by atoms with van der Waals surface area (Å²) in [5, 5.41) is 3.15. The Kier molecular flexibility index (Phi) is 6.10. The number of piperidine rings is 1. The van der Waals surface area contributed by atoms with Crippen molar-refractivity contribution in [1.82, 2.24) is 10.2 Å². The van der Waals surface area contributed by atoms with Crippen molar-refractivity contribution in [2.24, 2.45) is 0 Å². The van der Waals surface area contributed by atoms with Crippen LogP contribution < -0.4 is 10.1 Å². The van der Waals surface area contributed by atoms with Crippen LogP contribution in [-0.2, 0) is 4.74 Å². The van der Waals surface area contributed by atoms with E-state index in [2.05, 4.69) is 16.8 Å². The van der Waals surface area contributed by atoms with Crippen LogP contribution in [-0.4, -0.2) is 55.8 Å². The predicted octanol–water partition coefficient (Wildman–Crippen LogP) is 2.62. The molecule has 1 aromatic rings. The van der Waals surface area contributed by atoms with Gasteiger partial charge in [-0.25, -0.2) is 0 Å². The lowest BCUT2D eigenvalue weighted by molar-refractivity contribution is 0.0900. The van der Waals surface area contributed by atoms with Gasteiger partial charge in [0.2, 0.25) is 0 Å². The number of benzene rings is 1. The van der Waals surface area contributed by atoms with Crippen molar-refractivity contribution < 1.29 is 14.3 Å². The van der Waals surface area contributed by atoms with Crippen LogP contribution in [0.4, 0.5) is 0 Å². The highest BCUT2D eigenvalue weighted by Gasteiger charge is 2.34. The SMILES string of the molecule is C=C(C)COc1ccc(C(=O)N[C@H]2COC[C@@H]2N2CCCCC2)cc1. The maximum absolute atomic E-state index is 12.6. The van der Waals surface area contributed by atoms with Gasteiger partial charge in [-0.2, -0.15) is 0 Å². The summed E-state index contributed by atoms with van der Waals surface area (Å²) in [7, 11) is 0. The van der Waals surface area contributed by atoms with Crippen LogP contribution in [0.25, 0.3) is 0 Å². The number of nitrogens with zero attached hydrogens (tertiary/aromatic N) is 1. The first-order valence-corrected chi connectivity index (χ1v) is 9.13. The molecule has 2 atom stereocenters. The van der Waals surface area contributed by atoms with E-state index in [1.165, 1.54) is 19.3 Å². The molecule has 25 heavy (non-hydrogen) atoms. The highest BCUT2D eigenvalue weighted by Crippen LogP contribution is 2.20. The third kappa shape index (κ3) is 4.83. The minimum Gasteiger partial charge on any atom is -0.489 e. The lowest BCUT2D eigenvalue weighted by Gasteiger charge is -2.34. The van der Waals surface area contributed by atoms with E-state index in [0.717, 1.165) is 24.4 Å². The summed E-state index contributed by atoms with van der Waals surface area (Å²) in [5.41, 5.74) is 1.61. The Balaban J connectivity index is 1.56. The smallest absolute Gasteiger partial charge is 0.251 e. The molecule has 136 valence electrons. The maximum atomic E-state index is 12.6. The van der Waals surface area contributed by atoms with Gasteiger partial charge in [0.05, 0.1) is 25.3 Å². The summed E-state index contributed by atoms with van der Waals surface area (Å²) in [6.07, 6.45) is 3.78. The first-order chi connectivity index (χ1) is 12.1. The molecule has 2 aliphatic rings. The quantitative estimate of drug-likeness (QED) is 0.806. The minimum atomic E-state index is -0.0519. The molecule has 2 saturated heterocycles. The predicted molar refractivity (Wildman–Crippen MR) is 98.0 cm³/mol. The molecular weight excluding hydrogens is 316 g/mol. The van der Waals surface area contributed by atoms with Gasteiger partial charge in [-0.15, -0.1) is 0 Å². The molecule has 1 N–H and O–H groups in total. The number of carbonyl (C=O) groups is 1. The fourth-order valence-electron chi connectivity index (χ4n) is 3.45. The Bertz CT molecular complexity index is 593. The molecule has 0 aliphatic carbocycles. The van der Waals surface area contributed by atoms with Crippen LogP contribution in [0.2, 0.25) is 0 Å². The topological polar surface area (TPSA) is 50.8 Å². The van der Waals surface area contributed by atoms with E-state index in [4.69, 9.17) is 9.47 Å². The third-order valence-electron chi connectivity index (χ3n) is 4.83. The van der Waals surface area contributed by atoms with Crippen molar-refractivity contribution in [2.75, 3.05) is 32.9 Å². The fourth-order valence-corrected chi connectivity index (χ4v) is 3.45. The van der Waals surface area contributed by atoms with Gasteiger partial charge in [-0.3, -0.25) is 9.69 Å². The molecule has 5 heteroatoms. The van der Waals surface area contributed by atoms with E-state index in [1.807, 2.05) is 19.1 Å². The van der Waals surface area contributed by atoms with E-state index >= 15 is 0 Å². The van der Waals surface area contributed by atoms with Crippen LogP contribution in [0.15, 0.2) is 36.4 Å². The number of ether oxygens (including phenoxy) is 2. The van der Waals surface area contributed by atoms with Gasteiger partial charge in [0.1, 0.15) is 12.4 Å². The second-order valence-corrected chi connectivity index (χ2v) is 7.05. The highest BCUT2D eigenvalue weighted by molar-refractivity contribution is 5.94. The van der Waals surface area contributed by atoms with Gasteiger partial charge in [0.25, 0.3) is 5.91 Å². The average molecular weight is 344 g/mol. The molecular formula is C20H28N2O3. The molecule has 2 heterocycles. The monoisotopic (exact) mass is 344 g/mol. The second kappa shape index (κ2) is 8.50. The van der Waals surface area contributed by atoms with Gasteiger partial charge < -0.3 is 14.8 Å². The van der Waals surface area contributed by atoms with Crippen molar-refractivity contribution >= 4 is 5.91 Å². The third-order valence-corrected chi connectivity index (χ3v) is 4.83. The minimum absolute atomic E-state index is 0.0519. The number of nitrogens with one attached hydrogen (secondary N) is 1. The summed E-state index contributed by atoms with van der Waals surface area (Å²) in [6.45, 7) is 9.73. The standard InChI is InChI=1S/C20H28N2O3/c1-15(2)12-25-17-8-6-16(7-9-17)20(23)21-18-13-24-14-19(18)22-10-4-3-5-11-22/h6-9,18-19H,1,3-5,10-14H2,2H3,(H,21,23)/t18-,19-/m0/s1. The van der Waals surface area contributed by atoms with Crippen LogP contribution in [0.5, 0.6) is 5.75 Å². The van der Waals surface area contributed by atoms with Crippen molar-refractivity contribution in [3.8, 4) is 5.75 Å². The summed E-state index contributed by atoms with van der Waals surface area (Å²) in [6, 6.07) is 7.60. The van der Waals surface area contributed by atoms with E-state index in [9.17, 15) is 4.79 Å². The normalized spacial score (nSPS) is 24.0. The van der Waals surface area contributed by atoms with Gasteiger partial charge in [-0.05, 0) is 62.7 Å². The Morgan fingerprint density at radius 1 is 1.24 bits per heavy atom. The Morgan fingerprint density at radius 2 is 1.96 bits per heavy atom. The summed E-state index contributed by atoms with van der Waals surface area (Å²) in [5.74, 6) is 0.693. The molecule has 0 unspecified atom stereocenters. The lowest BCUT2D eigenvalue weighted by Crippen LogP contribution is -2.52. The largest absolute Gasteiger partial charge is 0.489 e. The zero-order chi connectivity index (χ0) is 17.6. The molecule has 5 nitrogen and oxygen atoms in total. The van der Waals surface area contributed by atoms with E-state index in [0.29, 0.717) is 31.4 Å². The van der Waals surface area contributed by atoms with Crippen LogP contribution in [0.1, 0.15) is 36.5 Å². The second-order valence-electron chi connectivity index (χ2n) is 7.05. The summed E-state index contributed by atoms with van der Waals surface area (Å²) in [4.78, 5) is 15.0. The Labute approximate surface area is 150 Å². The Hall–Kier alpha value is -1.85. The maximum Gasteiger partial charge on any atom is 0.251 e. The van der Waals surface area contributed by atoms with Crippen molar-refractivity contribution in [3.63, 3.8) is 0 Å². The molecule has 1 amide bonds. The fraction of sp³-hybridized carbons (Fsp3) is 0.550. The van der Waals surface area contributed by atoms with E-state index in [-0.39, 0.29) is 11.9 Å². The molecule has 0 saturated carbocycles. The number of amides is 1. The highest BCUT2D eigenvalue weighted by atomic mass is 16.5. The van der Waals surface area contributed by atoms with Gasteiger partial charge >= 0.3 is 0 Å². The van der Waals surface area contributed by atoms with Crippen molar-refractivity contribution in [1.29, 1.82) is 0 Å². The molecule has 1 aromatic carbocycles. The van der Waals surface area contributed by atoms with Gasteiger partial charge in [-0.1, -0.05) is 13.0 Å². The zero-order valence-corrected chi connectivity index (χ0v) is 15.0. The number of hydrogen-bond acceptors (Lipinski definition) is 4. The van der Waals surface area contributed by atoms with Crippen LogP contribution in [0.3, 0.4) is 0 Å². The van der Waals surface area contributed by atoms with Crippen molar-refractivity contribution in [3.05, 3.63) is 42.0 Å². The first kappa shape index (κ1) is 18.0. The number of likely N-dealkylation sites (tertiary alicyclic amines) is 1. The van der Waals surface area contributed by atoms with Crippen LogP contribution >= 0.6 is 0 Å². The number of hydrogen-bond donors (Lipinski definition) is 1. The molecule has 3 rings (SSSR count). The van der Waals surface area contributed by atoms with E-state index in [1.54, 1.807) is 12.1 Å². The summed E-state index contributed by atoms with van der Waals surface area (Å²) < 4.78 is 11.2. The number of rotatable bonds is 6.